The van der Waals surface area contributed by atoms with E-state index >= 15 is 0 Å². The first-order chi connectivity index (χ1) is 8.19. The van der Waals surface area contributed by atoms with E-state index in [4.69, 9.17) is 9.47 Å². The first-order valence-electron chi connectivity index (χ1n) is 6.66. The molecule has 0 amide bonds. The Bertz CT molecular complexity index is 198. The van der Waals surface area contributed by atoms with E-state index in [-0.39, 0.29) is 0 Å². The van der Waals surface area contributed by atoms with Crippen LogP contribution in [0, 0.1) is 0 Å². The average molecular weight is 244 g/mol. The van der Waals surface area contributed by atoms with Gasteiger partial charge in [0.25, 0.3) is 0 Å². The highest BCUT2D eigenvalue weighted by atomic mass is 16.5. The number of hydrogen-bond acceptors (Lipinski definition) is 4. The molecular formula is C13H28N2O2. The van der Waals surface area contributed by atoms with Crippen molar-refractivity contribution in [3.05, 3.63) is 0 Å². The van der Waals surface area contributed by atoms with Crippen LogP contribution in [-0.2, 0) is 9.47 Å². The fourth-order valence-electron chi connectivity index (χ4n) is 2.15. The second-order valence-electron chi connectivity index (χ2n) is 5.07. The van der Waals surface area contributed by atoms with E-state index in [1.165, 1.54) is 12.8 Å². The molecule has 0 bridgehead atoms. The topological polar surface area (TPSA) is 33.7 Å². The predicted molar refractivity (Wildman–Crippen MR) is 70.4 cm³/mol. The summed E-state index contributed by atoms with van der Waals surface area (Å²) in [5, 5.41) is 3.59. The van der Waals surface area contributed by atoms with E-state index in [9.17, 15) is 0 Å². The maximum Gasteiger partial charge on any atom is 0.0615 e. The van der Waals surface area contributed by atoms with Gasteiger partial charge in [-0.2, -0.15) is 0 Å². The van der Waals surface area contributed by atoms with Gasteiger partial charge in [-0.3, -0.25) is 4.90 Å². The van der Waals surface area contributed by atoms with Crippen LogP contribution in [0.1, 0.15) is 26.7 Å². The van der Waals surface area contributed by atoms with Gasteiger partial charge < -0.3 is 14.8 Å². The molecule has 1 saturated carbocycles. The lowest BCUT2D eigenvalue weighted by molar-refractivity contribution is 0.0516. The van der Waals surface area contributed by atoms with Gasteiger partial charge in [-0.15, -0.1) is 0 Å². The summed E-state index contributed by atoms with van der Waals surface area (Å²) in [4.78, 5) is 2.46. The number of ether oxygens (including phenoxy) is 2. The SMILES string of the molecule is COCCN(C(C)CNC1CC1)C(C)COC. The molecule has 1 aliphatic rings. The number of rotatable bonds is 10. The Balaban J connectivity index is 2.34. The molecule has 0 aromatic carbocycles. The zero-order valence-electron chi connectivity index (χ0n) is 11.7. The van der Waals surface area contributed by atoms with Gasteiger partial charge in [0.05, 0.1) is 13.2 Å². The van der Waals surface area contributed by atoms with Crippen molar-refractivity contribution >= 4 is 0 Å². The molecule has 0 radical (unpaired) electrons. The minimum atomic E-state index is 0.436. The van der Waals surface area contributed by atoms with E-state index < -0.39 is 0 Å². The number of nitrogens with zero attached hydrogens (tertiary/aromatic N) is 1. The van der Waals surface area contributed by atoms with Crippen molar-refractivity contribution in [1.82, 2.24) is 10.2 Å². The first-order valence-corrected chi connectivity index (χ1v) is 6.66. The van der Waals surface area contributed by atoms with Gasteiger partial charge in [0.15, 0.2) is 0 Å². The van der Waals surface area contributed by atoms with Crippen LogP contribution in [0.15, 0.2) is 0 Å². The van der Waals surface area contributed by atoms with E-state index in [0.29, 0.717) is 12.1 Å². The van der Waals surface area contributed by atoms with Gasteiger partial charge in [0, 0.05) is 45.4 Å². The second kappa shape index (κ2) is 8.03. The molecule has 102 valence electrons. The van der Waals surface area contributed by atoms with Crippen molar-refractivity contribution in [2.45, 2.75) is 44.8 Å². The molecule has 1 fully saturated rings. The lowest BCUT2D eigenvalue weighted by Gasteiger charge is -2.34. The maximum absolute atomic E-state index is 5.25. The fraction of sp³-hybridized carbons (Fsp3) is 1.00. The normalized spacial score (nSPS) is 19.6. The van der Waals surface area contributed by atoms with Crippen LogP contribution in [0.2, 0.25) is 0 Å². The molecule has 1 rings (SSSR count). The van der Waals surface area contributed by atoms with E-state index in [0.717, 1.165) is 32.3 Å². The third kappa shape index (κ3) is 5.82. The van der Waals surface area contributed by atoms with Crippen molar-refractivity contribution in [2.24, 2.45) is 0 Å². The molecule has 4 nitrogen and oxygen atoms in total. The molecule has 0 heterocycles. The summed E-state index contributed by atoms with van der Waals surface area (Å²) in [5.74, 6) is 0. The van der Waals surface area contributed by atoms with Crippen molar-refractivity contribution in [2.75, 3.05) is 40.5 Å². The zero-order chi connectivity index (χ0) is 12.7. The summed E-state index contributed by atoms with van der Waals surface area (Å²) in [6, 6.07) is 1.74. The number of nitrogens with one attached hydrogen (secondary N) is 1. The Morgan fingerprint density at radius 1 is 1.18 bits per heavy atom. The van der Waals surface area contributed by atoms with Gasteiger partial charge in [0.2, 0.25) is 0 Å². The van der Waals surface area contributed by atoms with Crippen molar-refractivity contribution in [3.63, 3.8) is 0 Å². The predicted octanol–water partition coefficient (Wildman–Crippen LogP) is 1.11. The van der Waals surface area contributed by atoms with Crippen molar-refractivity contribution in [1.29, 1.82) is 0 Å². The Labute approximate surface area is 106 Å². The summed E-state index contributed by atoms with van der Waals surface area (Å²) in [6.07, 6.45) is 2.69. The summed E-state index contributed by atoms with van der Waals surface area (Å²) < 4.78 is 10.4. The Hall–Kier alpha value is -0.160. The van der Waals surface area contributed by atoms with Crippen LogP contribution < -0.4 is 5.32 Å². The number of methoxy groups -OCH3 is 2. The van der Waals surface area contributed by atoms with E-state index in [2.05, 4.69) is 24.1 Å². The van der Waals surface area contributed by atoms with Crippen LogP contribution in [0.25, 0.3) is 0 Å². The Kier molecular flexibility index (Phi) is 7.04. The number of hydrogen-bond donors (Lipinski definition) is 1. The molecule has 0 spiro atoms. The lowest BCUT2D eigenvalue weighted by Crippen LogP contribution is -2.48. The van der Waals surface area contributed by atoms with Gasteiger partial charge in [-0.05, 0) is 26.7 Å². The third-order valence-corrected chi connectivity index (χ3v) is 3.37. The maximum atomic E-state index is 5.25. The van der Waals surface area contributed by atoms with Crippen LogP contribution in [0.5, 0.6) is 0 Å². The van der Waals surface area contributed by atoms with E-state index in [1.54, 1.807) is 14.2 Å². The highest BCUT2D eigenvalue weighted by Gasteiger charge is 2.24. The molecule has 4 heteroatoms. The first kappa shape index (κ1) is 14.9. The van der Waals surface area contributed by atoms with Gasteiger partial charge in [-0.1, -0.05) is 0 Å². The quantitative estimate of drug-likeness (QED) is 0.624. The molecule has 2 atom stereocenters. The lowest BCUT2D eigenvalue weighted by atomic mass is 10.2. The third-order valence-electron chi connectivity index (χ3n) is 3.37. The molecule has 1 N–H and O–H groups in total. The monoisotopic (exact) mass is 244 g/mol. The largest absolute Gasteiger partial charge is 0.383 e. The minimum Gasteiger partial charge on any atom is -0.383 e. The van der Waals surface area contributed by atoms with E-state index in [1.807, 2.05) is 0 Å². The highest BCUT2D eigenvalue weighted by molar-refractivity contribution is 4.84. The Morgan fingerprint density at radius 2 is 1.88 bits per heavy atom. The summed E-state index contributed by atoms with van der Waals surface area (Å²) in [6.45, 7) is 8.07. The average Bonchev–Trinajstić information content (AvgIpc) is 3.11. The van der Waals surface area contributed by atoms with Crippen LogP contribution in [0.4, 0.5) is 0 Å². The summed E-state index contributed by atoms with van der Waals surface area (Å²) in [5.41, 5.74) is 0. The minimum absolute atomic E-state index is 0.436. The van der Waals surface area contributed by atoms with Crippen molar-refractivity contribution in [3.8, 4) is 0 Å². The highest BCUT2D eigenvalue weighted by Crippen LogP contribution is 2.18. The van der Waals surface area contributed by atoms with Crippen LogP contribution in [-0.4, -0.2) is 63.5 Å². The molecule has 0 aromatic heterocycles. The molecule has 0 aliphatic heterocycles. The molecule has 17 heavy (non-hydrogen) atoms. The van der Waals surface area contributed by atoms with Crippen molar-refractivity contribution < 1.29 is 9.47 Å². The molecule has 0 saturated heterocycles. The van der Waals surface area contributed by atoms with Gasteiger partial charge >= 0.3 is 0 Å². The Morgan fingerprint density at radius 3 is 2.41 bits per heavy atom. The van der Waals surface area contributed by atoms with Crippen LogP contribution in [0.3, 0.4) is 0 Å². The summed E-state index contributed by atoms with van der Waals surface area (Å²) >= 11 is 0. The molecule has 1 aliphatic carbocycles. The van der Waals surface area contributed by atoms with Gasteiger partial charge in [0.1, 0.15) is 0 Å². The summed E-state index contributed by atoms with van der Waals surface area (Å²) in [7, 11) is 3.52. The molecule has 2 unspecified atom stereocenters. The van der Waals surface area contributed by atoms with Crippen LogP contribution >= 0.6 is 0 Å². The fourth-order valence-corrected chi connectivity index (χ4v) is 2.15. The zero-order valence-corrected chi connectivity index (χ0v) is 11.7. The smallest absolute Gasteiger partial charge is 0.0615 e. The van der Waals surface area contributed by atoms with Gasteiger partial charge in [-0.25, -0.2) is 0 Å². The standard InChI is InChI=1S/C13H28N2O2/c1-11(9-14-13-5-6-13)15(7-8-16-3)12(2)10-17-4/h11-14H,5-10H2,1-4H3. The molecular weight excluding hydrogens is 216 g/mol. The second-order valence-corrected chi connectivity index (χ2v) is 5.07. The molecule has 0 aromatic rings.